The van der Waals surface area contributed by atoms with Gasteiger partial charge in [-0.1, -0.05) is 97.1 Å². The zero-order valence-electron chi connectivity index (χ0n) is 17.2. The van der Waals surface area contributed by atoms with Gasteiger partial charge in [-0.05, 0) is 79.2 Å². The smallest absolute Gasteiger partial charge is 0.00670 e. The highest BCUT2D eigenvalue weighted by Gasteiger charge is 2.15. The zero-order chi connectivity index (χ0) is 20.2. The van der Waals surface area contributed by atoms with Crippen LogP contribution in [0.15, 0.2) is 97.1 Å². The summed E-state index contributed by atoms with van der Waals surface area (Å²) in [5, 5.41) is 10.5. The van der Waals surface area contributed by atoms with Crippen molar-refractivity contribution in [2.45, 2.75) is 13.8 Å². The van der Waals surface area contributed by atoms with Crippen LogP contribution in [-0.2, 0) is 0 Å². The van der Waals surface area contributed by atoms with Crippen molar-refractivity contribution in [3.05, 3.63) is 108 Å². The largest absolute Gasteiger partial charge is 0.0616 e. The van der Waals surface area contributed by atoms with Crippen molar-refractivity contribution in [2.24, 2.45) is 0 Å². The van der Waals surface area contributed by atoms with Crippen molar-refractivity contribution in [1.29, 1.82) is 0 Å². The minimum Gasteiger partial charge on any atom is -0.0616 e. The van der Waals surface area contributed by atoms with Crippen LogP contribution in [-0.4, -0.2) is 0 Å². The summed E-state index contributed by atoms with van der Waals surface area (Å²) < 4.78 is 0. The number of fused-ring (bicyclic) bond motifs is 6. The summed E-state index contributed by atoms with van der Waals surface area (Å²) in [6, 6.07) is 35.6. The lowest BCUT2D eigenvalue weighted by atomic mass is 9.86. The van der Waals surface area contributed by atoms with Gasteiger partial charge in [0, 0.05) is 0 Å². The standard InChI is InChI=1S/C30H22/c1-19-11-15-25-23-9-5-3-7-21(23)13-17-27(25)29(19)30-20(2)12-16-26-24-10-6-4-8-22(24)14-18-28(26)30/h3-18H,1-2H3. The van der Waals surface area contributed by atoms with Crippen LogP contribution < -0.4 is 0 Å². The Bertz CT molecular complexity index is 1480. The number of benzene rings is 6. The summed E-state index contributed by atoms with van der Waals surface area (Å²) in [4.78, 5) is 0. The molecule has 0 heteroatoms. The maximum atomic E-state index is 2.30. The lowest BCUT2D eigenvalue weighted by Crippen LogP contribution is -1.92. The van der Waals surface area contributed by atoms with E-state index >= 15 is 0 Å². The quantitative estimate of drug-likeness (QED) is 0.250. The molecule has 0 fully saturated rings. The monoisotopic (exact) mass is 382 g/mol. The van der Waals surface area contributed by atoms with Crippen molar-refractivity contribution in [3.63, 3.8) is 0 Å². The fourth-order valence-corrected chi connectivity index (χ4v) is 5.06. The molecule has 6 rings (SSSR count). The molecule has 0 atom stereocenters. The fourth-order valence-electron chi connectivity index (χ4n) is 5.06. The number of aryl methyl sites for hydroxylation is 2. The minimum atomic E-state index is 1.29. The topological polar surface area (TPSA) is 0 Å². The first-order valence-electron chi connectivity index (χ1n) is 10.5. The van der Waals surface area contributed by atoms with E-state index in [2.05, 4.69) is 111 Å². The second-order valence-corrected chi connectivity index (χ2v) is 8.28. The van der Waals surface area contributed by atoms with E-state index in [-0.39, 0.29) is 0 Å². The molecule has 0 bridgehead atoms. The van der Waals surface area contributed by atoms with Crippen LogP contribution in [0.1, 0.15) is 11.1 Å². The summed E-state index contributed by atoms with van der Waals surface area (Å²) in [5.74, 6) is 0. The van der Waals surface area contributed by atoms with Gasteiger partial charge < -0.3 is 0 Å². The average molecular weight is 383 g/mol. The van der Waals surface area contributed by atoms with Crippen LogP contribution in [0.25, 0.3) is 54.2 Å². The third-order valence-electron chi connectivity index (χ3n) is 6.52. The molecule has 6 aromatic rings. The maximum Gasteiger partial charge on any atom is -0.00670 e. The molecule has 0 aromatic heterocycles. The van der Waals surface area contributed by atoms with E-state index in [1.807, 2.05) is 0 Å². The SMILES string of the molecule is Cc1ccc2c(ccc3ccccc32)c1-c1c(C)ccc2c1ccc1ccccc12. The molecule has 0 saturated heterocycles. The first-order valence-corrected chi connectivity index (χ1v) is 10.5. The molecule has 6 aromatic carbocycles. The summed E-state index contributed by atoms with van der Waals surface area (Å²) in [7, 11) is 0. The van der Waals surface area contributed by atoms with Gasteiger partial charge in [0.2, 0.25) is 0 Å². The van der Waals surface area contributed by atoms with Crippen molar-refractivity contribution in [2.75, 3.05) is 0 Å². The Balaban J connectivity index is 1.80. The van der Waals surface area contributed by atoms with Gasteiger partial charge in [0.25, 0.3) is 0 Å². The molecule has 0 aliphatic carbocycles. The predicted octanol–water partition coefficient (Wildman–Crippen LogP) is 8.58. The first kappa shape index (κ1) is 17.2. The van der Waals surface area contributed by atoms with E-state index in [9.17, 15) is 0 Å². The van der Waals surface area contributed by atoms with Gasteiger partial charge in [0.1, 0.15) is 0 Å². The Morgan fingerprint density at radius 2 is 0.733 bits per heavy atom. The molecule has 0 heterocycles. The first-order chi connectivity index (χ1) is 14.7. The normalized spacial score (nSPS) is 11.7. The van der Waals surface area contributed by atoms with Crippen molar-refractivity contribution >= 4 is 43.1 Å². The average Bonchev–Trinajstić information content (AvgIpc) is 2.79. The lowest BCUT2D eigenvalue weighted by molar-refractivity contribution is 1.45. The van der Waals surface area contributed by atoms with Crippen LogP contribution in [0.2, 0.25) is 0 Å². The molecule has 0 spiro atoms. The van der Waals surface area contributed by atoms with Crippen LogP contribution in [0.3, 0.4) is 0 Å². The van der Waals surface area contributed by atoms with Gasteiger partial charge in [-0.15, -0.1) is 0 Å². The number of hydrogen-bond donors (Lipinski definition) is 0. The molecule has 0 N–H and O–H groups in total. The predicted molar refractivity (Wildman–Crippen MR) is 131 cm³/mol. The third kappa shape index (κ3) is 2.40. The number of hydrogen-bond acceptors (Lipinski definition) is 0. The summed E-state index contributed by atoms with van der Waals surface area (Å²) in [5.41, 5.74) is 5.36. The van der Waals surface area contributed by atoms with Crippen molar-refractivity contribution in [3.8, 4) is 11.1 Å². The van der Waals surface area contributed by atoms with Gasteiger partial charge in [0.15, 0.2) is 0 Å². The van der Waals surface area contributed by atoms with Gasteiger partial charge in [0.05, 0.1) is 0 Å². The molecule has 30 heavy (non-hydrogen) atoms. The molecule has 0 radical (unpaired) electrons. The Morgan fingerprint density at radius 3 is 1.20 bits per heavy atom. The van der Waals surface area contributed by atoms with Gasteiger partial charge in [-0.3, -0.25) is 0 Å². The van der Waals surface area contributed by atoms with Crippen LogP contribution in [0.5, 0.6) is 0 Å². The Kier molecular flexibility index (Phi) is 3.70. The Hall–Kier alpha value is -3.64. The molecule has 0 aliphatic heterocycles. The van der Waals surface area contributed by atoms with Crippen LogP contribution in [0, 0.1) is 13.8 Å². The molecule has 0 amide bonds. The highest BCUT2D eigenvalue weighted by molar-refractivity contribution is 6.18. The third-order valence-corrected chi connectivity index (χ3v) is 6.52. The van der Waals surface area contributed by atoms with Gasteiger partial charge >= 0.3 is 0 Å². The van der Waals surface area contributed by atoms with E-state index in [1.54, 1.807) is 0 Å². The van der Waals surface area contributed by atoms with E-state index in [0.717, 1.165) is 0 Å². The highest BCUT2D eigenvalue weighted by atomic mass is 14.2. The van der Waals surface area contributed by atoms with E-state index in [1.165, 1.54) is 65.3 Å². The second kappa shape index (κ2) is 6.43. The van der Waals surface area contributed by atoms with E-state index in [4.69, 9.17) is 0 Å². The fraction of sp³-hybridized carbons (Fsp3) is 0.0667. The van der Waals surface area contributed by atoms with Crippen LogP contribution >= 0.6 is 0 Å². The van der Waals surface area contributed by atoms with E-state index < -0.39 is 0 Å². The van der Waals surface area contributed by atoms with Crippen molar-refractivity contribution in [1.82, 2.24) is 0 Å². The summed E-state index contributed by atoms with van der Waals surface area (Å²) in [6.45, 7) is 4.48. The molecular weight excluding hydrogens is 360 g/mol. The number of rotatable bonds is 1. The Labute approximate surface area is 176 Å². The summed E-state index contributed by atoms with van der Waals surface area (Å²) in [6.07, 6.45) is 0. The van der Waals surface area contributed by atoms with Gasteiger partial charge in [-0.2, -0.15) is 0 Å². The molecule has 0 nitrogen and oxygen atoms in total. The van der Waals surface area contributed by atoms with Crippen LogP contribution in [0.4, 0.5) is 0 Å². The molecular formula is C30H22. The molecule has 0 saturated carbocycles. The maximum absolute atomic E-state index is 2.30. The second-order valence-electron chi connectivity index (χ2n) is 8.28. The minimum absolute atomic E-state index is 1.29. The van der Waals surface area contributed by atoms with E-state index in [0.29, 0.717) is 0 Å². The molecule has 0 unspecified atom stereocenters. The zero-order valence-corrected chi connectivity index (χ0v) is 17.2. The highest BCUT2D eigenvalue weighted by Crippen LogP contribution is 2.41. The van der Waals surface area contributed by atoms with Crippen molar-refractivity contribution < 1.29 is 0 Å². The lowest BCUT2D eigenvalue weighted by Gasteiger charge is -2.18. The molecule has 0 aliphatic rings. The summed E-state index contributed by atoms with van der Waals surface area (Å²) >= 11 is 0. The Morgan fingerprint density at radius 1 is 0.333 bits per heavy atom. The van der Waals surface area contributed by atoms with Gasteiger partial charge in [-0.25, -0.2) is 0 Å². The molecule has 142 valence electrons.